The second kappa shape index (κ2) is 11.5. The minimum atomic E-state index is -4.75. The number of hydrogen-bond acceptors (Lipinski definition) is 4. The third-order valence-electron chi connectivity index (χ3n) is 7.16. The summed E-state index contributed by atoms with van der Waals surface area (Å²) in [6, 6.07) is 8.53. The fourth-order valence-electron chi connectivity index (χ4n) is 5.25. The van der Waals surface area contributed by atoms with E-state index in [4.69, 9.17) is 23.2 Å². The van der Waals surface area contributed by atoms with E-state index in [0.29, 0.717) is 41.3 Å². The summed E-state index contributed by atoms with van der Waals surface area (Å²) in [6.45, 7) is 5.94. The number of rotatable bonds is 6. The minimum absolute atomic E-state index is 0.0237. The fourth-order valence-corrected chi connectivity index (χ4v) is 5.55. The van der Waals surface area contributed by atoms with Crippen molar-refractivity contribution in [2.24, 2.45) is 0 Å². The molecule has 0 bridgehead atoms. The number of piperazine rings is 1. The normalized spacial score (nSPS) is 23.2. The lowest BCUT2D eigenvalue weighted by atomic mass is 9.93. The smallest absolute Gasteiger partial charge is 0.339 e. The molecule has 202 valence electrons. The number of likely N-dealkylation sites (tertiary alicyclic amines) is 1. The molecule has 0 radical (unpaired) electrons. The highest BCUT2D eigenvalue weighted by atomic mass is 35.5. The molecule has 5 nitrogen and oxygen atoms in total. The van der Waals surface area contributed by atoms with Gasteiger partial charge in [-0.3, -0.25) is 14.6 Å². The van der Waals surface area contributed by atoms with Gasteiger partial charge in [0.1, 0.15) is 5.82 Å². The Morgan fingerprint density at radius 3 is 2.51 bits per heavy atom. The number of carbonyl (C=O) groups is 1. The largest absolute Gasteiger partial charge is 0.419 e. The quantitative estimate of drug-likeness (QED) is 0.511. The second-order valence-electron chi connectivity index (χ2n) is 9.96. The van der Waals surface area contributed by atoms with E-state index < -0.39 is 17.6 Å². The molecular weight excluding hydrogens is 531 g/mol. The number of alkyl halides is 3. The number of carbonyl (C=O) groups excluding carboxylic acids is 1. The highest BCUT2D eigenvalue weighted by Crippen LogP contribution is 2.36. The first-order valence-corrected chi connectivity index (χ1v) is 12.9. The average molecular weight is 561 g/mol. The monoisotopic (exact) mass is 560 g/mol. The lowest BCUT2D eigenvalue weighted by Gasteiger charge is -2.32. The topological polar surface area (TPSA) is 38.8 Å². The van der Waals surface area contributed by atoms with E-state index in [-0.39, 0.29) is 24.4 Å². The van der Waals surface area contributed by atoms with Crippen molar-refractivity contribution in [2.45, 2.75) is 37.6 Å². The van der Waals surface area contributed by atoms with Gasteiger partial charge >= 0.3 is 6.18 Å². The Kier molecular flexibility index (Phi) is 8.70. The van der Waals surface area contributed by atoms with Gasteiger partial charge in [0.2, 0.25) is 5.91 Å². The van der Waals surface area contributed by atoms with Crippen LogP contribution in [0.3, 0.4) is 0 Å². The lowest BCUT2D eigenvalue weighted by molar-refractivity contribution is -0.140. The van der Waals surface area contributed by atoms with E-state index in [2.05, 4.69) is 17.1 Å². The molecule has 4 rings (SSSR count). The zero-order valence-corrected chi connectivity index (χ0v) is 22.2. The number of likely N-dealkylation sites (N-methyl/N-ethyl adjacent to an activating group) is 1. The van der Waals surface area contributed by atoms with Gasteiger partial charge < -0.3 is 10.2 Å². The van der Waals surface area contributed by atoms with Crippen molar-refractivity contribution in [3.8, 4) is 0 Å². The van der Waals surface area contributed by atoms with E-state index >= 15 is 0 Å². The highest BCUT2D eigenvalue weighted by Gasteiger charge is 2.39. The molecular formula is C26H30Cl2F4N4O. The molecule has 2 saturated heterocycles. The van der Waals surface area contributed by atoms with Crippen molar-refractivity contribution in [3.63, 3.8) is 0 Å². The molecule has 3 atom stereocenters. The Labute approximate surface area is 224 Å². The predicted octanol–water partition coefficient (Wildman–Crippen LogP) is 4.87. The van der Waals surface area contributed by atoms with Crippen molar-refractivity contribution in [2.75, 3.05) is 46.3 Å². The van der Waals surface area contributed by atoms with Crippen molar-refractivity contribution in [3.05, 3.63) is 69.0 Å². The van der Waals surface area contributed by atoms with Crippen LogP contribution in [0.4, 0.5) is 17.6 Å². The minimum Gasteiger partial charge on any atom is -0.339 e. The maximum absolute atomic E-state index is 14.2. The van der Waals surface area contributed by atoms with Crippen LogP contribution in [0, 0.1) is 5.82 Å². The number of hydrogen-bond donors (Lipinski definition) is 1. The van der Waals surface area contributed by atoms with Gasteiger partial charge in [0.15, 0.2) is 0 Å². The molecule has 2 heterocycles. The fraction of sp³-hybridized carbons (Fsp3) is 0.500. The Morgan fingerprint density at radius 1 is 1.11 bits per heavy atom. The van der Waals surface area contributed by atoms with Crippen molar-refractivity contribution in [1.82, 2.24) is 20.0 Å². The van der Waals surface area contributed by atoms with Gasteiger partial charge in [-0.25, -0.2) is 4.39 Å². The molecule has 0 aliphatic carbocycles. The van der Waals surface area contributed by atoms with Crippen molar-refractivity contribution < 1.29 is 22.4 Å². The summed E-state index contributed by atoms with van der Waals surface area (Å²) in [6.07, 6.45) is -4.75. The highest BCUT2D eigenvalue weighted by molar-refractivity contribution is 6.42. The molecule has 1 amide bonds. The molecule has 2 fully saturated rings. The number of benzene rings is 2. The van der Waals surface area contributed by atoms with Gasteiger partial charge in [0.05, 0.1) is 22.2 Å². The molecule has 2 aromatic carbocycles. The first-order chi connectivity index (χ1) is 17.4. The van der Waals surface area contributed by atoms with Gasteiger partial charge in [0.25, 0.3) is 0 Å². The Bertz CT molecular complexity index is 1130. The van der Waals surface area contributed by atoms with Gasteiger partial charge in [-0.2, -0.15) is 13.2 Å². The van der Waals surface area contributed by atoms with Crippen LogP contribution in [0.15, 0.2) is 36.4 Å². The van der Waals surface area contributed by atoms with E-state index in [1.807, 2.05) is 22.9 Å². The van der Waals surface area contributed by atoms with E-state index in [0.717, 1.165) is 37.3 Å². The summed E-state index contributed by atoms with van der Waals surface area (Å²) in [5.41, 5.74) is 0.0452. The van der Waals surface area contributed by atoms with Crippen LogP contribution in [-0.4, -0.2) is 79.0 Å². The summed E-state index contributed by atoms with van der Waals surface area (Å²) in [7, 11) is 1.83. The van der Waals surface area contributed by atoms with Crippen LogP contribution < -0.4 is 5.32 Å². The second-order valence-corrected chi connectivity index (χ2v) is 10.8. The molecule has 0 aromatic heterocycles. The number of amides is 1. The molecule has 0 spiro atoms. The zero-order valence-electron chi connectivity index (χ0n) is 20.7. The van der Waals surface area contributed by atoms with Gasteiger partial charge in [0, 0.05) is 57.3 Å². The Morgan fingerprint density at radius 2 is 1.86 bits per heavy atom. The van der Waals surface area contributed by atoms with Crippen LogP contribution in [-0.2, 0) is 17.5 Å². The van der Waals surface area contributed by atoms with Crippen LogP contribution in [0.25, 0.3) is 0 Å². The molecule has 1 unspecified atom stereocenters. The molecule has 11 heteroatoms. The molecule has 37 heavy (non-hydrogen) atoms. The van der Waals surface area contributed by atoms with Crippen LogP contribution in [0.2, 0.25) is 10.0 Å². The summed E-state index contributed by atoms with van der Waals surface area (Å²) >= 11 is 12.4. The zero-order chi connectivity index (χ0) is 26.9. The molecule has 2 aliphatic heterocycles. The summed E-state index contributed by atoms with van der Waals surface area (Å²) in [5, 5.41) is 4.20. The standard InChI is InChI=1S/C26H30Cl2F4N4O/c1-16-11-35(8-7-33-16)15-25(37)36-13-19(18-4-6-21(27)22(28)10-18)24(14-36)34(2)12-17-3-5-20(23(29)9-17)26(30,31)32/h3-6,9-10,16,19,24,33H,7-8,11-15H2,1-2H3/t16-,19-,24?/m1/s1. The van der Waals surface area contributed by atoms with Gasteiger partial charge in [-0.05, 0) is 49.4 Å². The first-order valence-electron chi connectivity index (χ1n) is 12.2. The van der Waals surface area contributed by atoms with E-state index in [1.165, 1.54) is 6.07 Å². The Hall–Kier alpha value is -1.91. The van der Waals surface area contributed by atoms with E-state index in [9.17, 15) is 22.4 Å². The van der Waals surface area contributed by atoms with E-state index in [1.54, 1.807) is 12.1 Å². The van der Waals surface area contributed by atoms with Crippen molar-refractivity contribution in [1.29, 1.82) is 0 Å². The summed E-state index contributed by atoms with van der Waals surface area (Å²) in [4.78, 5) is 19.2. The SMILES string of the molecule is C[C@@H]1CN(CC(=O)N2CC(N(C)Cc3ccc(C(F)(F)F)c(F)c3)[C@@H](c3ccc(Cl)c(Cl)c3)C2)CCN1. The van der Waals surface area contributed by atoms with Gasteiger partial charge in [-0.1, -0.05) is 35.3 Å². The summed E-state index contributed by atoms with van der Waals surface area (Å²) in [5.74, 6) is -1.38. The van der Waals surface area contributed by atoms with Crippen LogP contribution in [0.1, 0.15) is 29.5 Å². The van der Waals surface area contributed by atoms with Crippen LogP contribution in [0.5, 0.6) is 0 Å². The Balaban J connectivity index is 1.53. The lowest BCUT2D eigenvalue weighted by Crippen LogP contribution is -2.52. The molecule has 0 saturated carbocycles. The summed E-state index contributed by atoms with van der Waals surface area (Å²) < 4.78 is 53.1. The maximum Gasteiger partial charge on any atom is 0.419 e. The maximum atomic E-state index is 14.2. The van der Waals surface area contributed by atoms with Crippen molar-refractivity contribution >= 4 is 29.1 Å². The van der Waals surface area contributed by atoms with Gasteiger partial charge in [-0.15, -0.1) is 0 Å². The van der Waals surface area contributed by atoms with Crippen LogP contribution >= 0.6 is 23.2 Å². The first kappa shape index (κ1) is 28.1. The predicted molar refractivity (Wildman–Crippen MR) is 136 cm³/mol. The number of nitrogens with zero attached hydrogens (tertiary/aromatic N) is 3. The molecule has 1 N–H and O–H groups in total. The number of nitrogens with one attached hydrogen (secondary N) is 1. The average Bonchev–Trinajstić information content (AvgIpc) is 3.26. The molecule has 2 aliphatic rings. The molecule has 2 aromatic rings. The number of halogens is 6. The third kappa shape index (κ3) is 6.75. The third-order valence-corrected chi connectivity index (χ3v) is 7.90.